The number of rotatable bonds is 5. The van der Waals surface area contributed by atoms with Gasteiger partial charge in [-0.25, -0.2) is 0 Å². The summed E-state index contributed by atoms with van der Waals surface area (Å²) in [4.78, 5) is 0.190. The van der Waals surface area contributed by atoms with Crippen LogP contribution in [0.1, 0.15) is 12.0 Å². The lowest BCUT2D eigenvalue weighted by molar-refractivity contribution is 0.166. The lowest BCUT2D eigenvalue weighted by Gasteiger charge is -2.00. The third kappa shape index (κ3) is 6.70. The second-order valence-corrected chi connectivity index (χ2v) is 5.22. The SMILES string of the molecule is COCCCO.COS(=O)(=O)c1ccc(C)cc1. The van der Waals surface area contributed by atoms with E-state index < -0.39 is 10.1 Å². The van der Waals surface area contributed by atoms with Gasteiger partial charge in [0.25, 0.3) is 10.1 Å². The highest BCUT2D eigenvalue weighted by molar-refractivity contribution is 7.86. The Bertz CT molecular complexity index is 407. The summed E-state index contributed by atoms with van der Waals surface area (Å²) in [5.74, 6) is 0. The van der Waals surface area contributed by atoms with E-state index in [4.69, 9.17) is 5.11 Å². The number of hydrogen-bond acceptors (Lipinski definition) is 5. The maximum absolute atomic E-state index is 11.1. The molecule has 1 N–H and O–H groups in total. The van der Waals surface area contributed by atoms with Crippen LogP contribution in [0.3, 0.4) is 0 Å². The van der Waals surface area contributed by atoms with Crippen LogP contribution in [0.25, 0.3) is 0 Å². The second kappa shape index (κ2) is 9.04. The first kappa shape index (κ1) is 17.1. The van der Waals surface area contributed by atoms with Crippen molar-refractivity contribution in [2.75, 3.05) is 27.4 Å². The van der Waals surface area contributed by atoms with Gasteiger partial charge in [-0.1, -0.05) is 17.7 Å². The molecule has 0 aliphatic carbocycles. The minimum Gasteiger partial charge on any atom is -0.396 e. The van der Waals surface area contributed by atoms with E-state index >= 15 is 0 Å². The van der Waals surface area contributed by atoms with E-state index in [-0.39, 0.29) is 11.5 Å². The fourth-order valence-corrected chi connectivity index (χ4v) is 1.67. The summed E-state index contributed by atoms with van der Waals surface area (Å²) < 4.78 is 31.1. The zero-order valence-corrected chi connectivity index (χ0v) is 11.7. The van der Waals surface area contributed by atoms with Crippen LogP contribution in [-0.4, -0.2) is 41.0 Å². The standard InChI is InChI=1S/C8H10O3S.C4H10O2/c1-7-3-5-8(6-4-7)12(9,10)11-2;1-6-4-2-3-5/h3-6H,1-2H3;5H,2-4H2,1H3. The Balaban J connectivity index is 0.000000411. The maximum Gasteiger partial charge on any atom is 0.296 e. The molecule has 0 atom stereocenters. The number of benzene rings is 1. The summed E-state index contributed by atoms with van der Waals surface area (Å²) in [6.07, 6.45) is 0.747. The first-order chi connectivity index (χ1) is 8.47. The lowest BCUT2D eigenvalue weighted by atomic mass is 10.2. The van der Waals surface area contributed by atoms with Gasteiger partial charge in [-0.05, 0) is 25.5 Å². The summed E-state index contributed by atoms with van der Waals surface area (Å²) >= 11 is 0. The molecule has 0 aromatic heterocycles. The number of aliphatic hydroxyl groups is 1. The van der Waals surface area contributed by atoms with Gasteiger partial charge in [0.05, 0.1) is 12.0 Å². The van der Waals surface area contributed by atoms with Crippen LogP contribution < -0.4 is 0 Å². The molecule has 104 valence electrons. The summed E-state index contributed by atoms with van der Waals surface area (Å²) in [7, 11) is -0.746. The van der Waals surface area contributed by atoms with E-state index in [9.17, 15) is 8.42 Å². The largest absolute Gasteiger partial charge is 0.396 e. The molecule has 0 bridgehead atoms. The topological polar surface area (TPSA) is 72.8 Å². The van der Waals surface area contributed by atoms with Gasteiger partial charge >= 0.3 is 0 Å². The van der Waals surface area contributed by atoms with E-state index in [1.54, 1.807) is 19.2 Å². The first-order valence-corrected chi connectivity index (χ1v) is 6.86. The number of aryl methyl sites for hydroxylation is 1. The van der Waals surface area contributed by atoms with Gasteiger partial charge in [0.2, 0.25) is 0 Å². The van der Waals surface area contributed by atoms with Crippen molar-refractivity contribution < 1.29 is 22.4 Å². The zero-order valence-electron chi connectivity index (χ0n) is 10.9. The third-order valence-corrected chi connectivity index (χ3v) is 3.32. The molecule has 0 heterocycles. The Hall–Kier alpha value is -0.950. The van der Waals surface area contributed by atoms with Crippen molar-refractivity contribution in [1.82, 2.24) is 0 Å². The van der Waals surface area contributed by atoms with Crippen LogP contribution in [0.4, 0.5) is 0 Å². The van der Waals surface area contributed by atoms with Crippen LogP contribution in [-0.2, 0) is 19.0 Å². The van der Waals surface area contributed by atoms with Gasteiger partial charge < -0.3 is 9.84 Å². The predicted octanol–water partition coefficient (Wildman–Crippen LogP) is 1.35. The zero-order chi connectivity index (χ0) is 14.0. The molecule has 1 rings (SSSR count). The van der Waals surface area contributed by atoms with E-state index in [2.05, 4.69) is 8.92 Å². The van der Waals surface area contributed by atoms with Gasteiger partial charge in [-0.2, -0.15) is 8.42 Å². The Kier molecular flexibility index (Phi) is 8.57. The first-order valence-electron chi connectivity index (χ1n) is 5.45. The monoisotopic (exact) mass is 276 g/mol. The second-order valence-electron chi connectivity index (χ2n) is 3.50. The molecule has 0 spiro atoms. The molecule has 5 nitrogen and oxygen atoms in total. The molecule has 0 radical (unpaired) electrons. The van der Waals surface area contributed by atoms with Crippen LogP contribution in [0.15, 0.2) is 29.2 Å². The number of hydrogen-bond donors (Lipinski definition) is 1. The highest BCUT2D eigenvalue weighted by atomic mass is 32.2. The molecule has 1 aromatic carbocycles. The molecule has 1 aromatic rings. The molecular formula is C12H20O5S. The molecule has 0 fully saturated rings. The molecule has 0 amide bonds. The highest BCUT2D eigenvalue weighted by Gasteiger charge is 2.10. The van der Waals surface area contributed by atoms with Gasteiger partial charge in [0.15, 0.2) is 0 Å². The molecule has 0 saturated heterocycles. The molecule has 6 heteroatoms. The van der Waals surface area contributed by atoms with E-state index in [1.165, 1.54) is 12.1 Å². The quantitative estimate of drug-likeness (QED) is 0.649. The average Bonchev–Trinajstić information content (AvgIpc) is 2.37. The van der Waals surface area contributed by atoms with Crippen LogP contribution in [0, 0.1) is 6.92 Å². The van der Waals surface area contributed by atoms with E-state index in [0.717, 1.165) is 19.1 Å². The maximum atomic E-state index is 11.1. The van der Waals surface area contributed by atoms with Gasteiger partial charge in [-0.15, -0.1) is 0 Å². The fraction of sp³-hybridized carbons (Fsp3) is 0.500. The summed E-state index contributed by atoms with van der Waals surface area (Å²) in [6.45, 7) is 2.79. The normalized spacial score (nSPS) is 10.7. The molecule has 0 unspecified atom stereocenters. The molecular weight excluding hydrogens is 256 g/mol. The van der Waals surface area contributed by atoms with Crippen LogP contribution >= 0.6 is 0 Å². The predicted molar refractivity (Wildman–Crippen MR) is 69.0 cm³/mol. The molecule has 0 aliphatic rings. The Morgan fingerprint density at radius 2 is 1.72 bits per heavy atom. The van der Waals surface area contributed by atoms with Crippen molar-refractivity contribution >= 4 is 10.1 Å². The third-order valence-electron chi connectivity index (χ3n) is 2.04. The number of ether oxygens (including phenoxy) is 1. The van der Waals surface area contributed by atoms with Crippen molar-refractivity contribution in [3.05, 3.63) is 29.8 Å². The summed E-state index contributed by atoms with van der Waals surface area (Å²) in [5, 5.41) is 8.12. The Labute approximate surface area is 108 Å². The number of aliphatic hydroxyl groups excluding tert-OH is 1. The van der Waals surface area contributed by atoms with Crippen LogP contribution in [0.2, 0.25) is 0 Å². The van der Waals surface area contributed by atoms with E-state index in [1.807, 2.05) is 6.92 Å². The van der Waals surface area contributed by atoms with Crippen molar-refractivity contribution in [2.24, 2.45) is 0 Å². The lowest BCUT2D eigenvalue weighted by Crippen LogP contribution is -2.02. The minimum atomic E-state index is -3.51. The highest BCUT2D eigenvalue weighted by Crippen LogP contribution is 2.11. The Morgan fingerprint density at radius 1 is 1.17 bits per heavy atom. The van der Waals surface area contributed by atoms with Crippen LogP contribution in [0.5, 0.6) is 0 Å². The van der Waals surface area contributed by atoms with E-state index in [0.29, 0.717) is 6.61 Å². The smallest absolute Gasteiger partial charge is 0.296 e. The minimum absolute atomic E-state index is 0.190. The van der Waals surface area contributed by atoms with Gasteiger partial charge in [-0.3, -0.25) is 4.18 Å². The molecule has 18 heavy (non-hydrogen) atoms. The Morgan fingerprint density at radius 3 is 2.06 bits per heavy atom. The van der Waals surface area contributed by atoms with Crippen molar-refractivity contribution in [3.63, 3.8) is 0 Å². The summed E-state index contributed by atoms with van der Waals surface area (Å²) in [5.41, 5.74) is 1.02. The van der Waals surface area contributed by atoms with Gasteiger partial charge in [0, 0.05) is 20.3 Å². The summed E-state index contributed by atoms with van der Waals surface area (Å²) in [6, 6.07) is 6.50. The van der Waals surface area contributed by atoms with Gasteiger partial charge in [0.1, 0.15) is 0 Å². The molecule has 0 saturated carbocycles. The fourth-order valence-electron chi connectivity index (χ4n) is 1.01. The number of methoxy groups -OCH3 is 1. The van der Waals surface area contributed by atoms with Crippen molar-refractivity contribution in [3.8, 4) is 0 Å². The van der Waals surface area contributed by atoms with Crippen molar-refractivity contribution in [1.29, 1.82) is 0 Å². The van der Waals surface area contributed by atoms with Crippen molar-refractivity contribution in [2.45, 2.75) is 18.2 Å². The molecule has 0 aliphatic heterocycles. The average molecular weight is 276 g/mol.